The van der Waals surface area contributed by atoms with Crippen LogP contribution in [0.1, 0.15) is 65.7 Å². The number of rotatable bonds is 8. The number of esters is 1. The fraction of sp³-hybridized carbons (Fsp3) is 0.875. The second-order valence-electron chi connectivity index (χ2n) is 10.5. The second kappa shape index (κ2) is 9.82. The van der Waals surface area contributed by atoms with Crippen molar-refractivity contribution in [3.8, 4) is 0 Å². The van der Waals surface area contributed by atoms with Gasteiger partial charge in [0.2, 0.25) is 11.8 Å². The summed E-state index contributed by atoms with van der Waals surface area (Å²) in [6.45, 7) is 5.76. The van der Waals surface area contributed by atoms with Crippen LogP contribution in [0.2, 0.25) is 0 Å². The molecule has 1 spiro atoms. The lowest BCUT2D eigenvalue weighted by Gasteiger charge is -2.38. The normalized spacial score (nSPS) is 36.8. The minimum absolute atomic E-state index is 0.0792. The number of nitrogens with zero attached hydrogens (tertiary/aromatic N) is 1. The van der Waals surface area contributed by atoms with E-state index in [0.29, 0.717) is 12.8 Å². The summed E-state index contributed by atoms with van der Waals surface area (Å²) >= 11 is 3.65. The molecule has 33 heavy (non-hydrogen) atoms. The molecule has 0 aromatic heterocycles. The topological polar surface area (TPSA) is 105 Å². The molecule has 2 N–H and O–H groups in total. The van der Waals surface area contributed by atoms with E-state index in [9.17, 15) is 19.5 Å². The number of fused-ring (bicyclic) bond motifs is 1. The van der Waals surface area contributed by atoms with Crippen LogP contribution in [0.25, 0.3) is 0 Å². The first-order chi connectivity index (χ1) is 15.7. The highest BCUT2D eigenvalue weighted by molar-refractivity contribution is 9.09. The lowest BCUT2D eigenvalue weighted by molar-refractivity contribution is -0.155. The number of ether oxygens (including phenoxy) is 2. The van der Waals surface area contributed by atoms with Crippen LogP contribution in [-0.4, -0.2) is 75.7 Å². The van der Waals surface area contributed by atoms with E-state index in [1.54, 1.807) is 11.8 Å². The van der Waals surface area contributed by atoms with Gasteiger partial charge in [-0.3, -0.25) is 14.4 Å². The highest BCUT2D eigenvalue weighted by Crippen LogP contribution is 2.60. The maximum Gasteiger partial charge on any atom is 0.312 e. The van der Waals surface area contributed by atoms with E-state index in [2.05, 4.69) is 21.2 Å². The van der Waals surface area contributed by atoms with Crippen molar-refractivity contribution in [3.63, 3.8) is 0 Å². The number of aliphatic hydroxyl groups is 1. The Morgan fingerprint density at radius 2 is 2.00 bits per heavy atom. The van der Waals surface area contributed by atoms with Gasteiger partial charge in [-0.05, 0) is 38.5 Å². The number of nitrogens with one attached hydrogen (secondary N) is 1. The van der Waals surface area contributed by atoms with Crippen LogP contribution in [0, 0.1) is 17.8 Å². The van der Waals surface area contributed by atoms with Gasteiger partial charge in [0.15, 0.2) is 0 Å². The molecule has 2 amide bonds. The Balaban J connectivity index is 1.72. The average Bonchev–Trinajstić information content (AvgIpc) is 3.36. The third kappa shape index (κ3) is 4.22. The quantitative estimate of drug-likeness (QED) is 0.369. The zero-order valence-corrected chi connectivity index (χ0v) is 21.4. The largest absolute Gasteiger partial charge is 0.466 e. The molecule has 186 valence electrons. The molecule has 7 atom stereocenters. The first-order valence-corrected chi connectivity index (χ1v) is 13.4. The summed E-state index contributed by atoms with van der Waals surface area (Å²) in [4.78, 5) is 42.1. The number of alkyl halides is 1. The van der Waals surface area contributed by atoms with Gasteiger partial charge in [-0.1, -0.05) is 49.0 Å². The van der Waals surface area contributed by atoms with E-state index >= 15 is 0 Å². The Bertz CT molecular complexity index is 772. The molecule has 0 aromatic carbocycles. The SMILES string of the molecule is CCOC(=O)[C@H]1[C@@H]2OC3(CC2Br)C(C(=O)NC2CCCCC2)N([C@@H](CO)CC(C)C)C(=O)[C@H]13. The van der Waals surface area contributed by atoms with Gasteiger partial charge in [0.25, 0.3) is 0 Å². The maximum atomic E-state index is 13.9. The molecular formula is C24H37BrN2O6. The van der Waals surface area contributed by atoms with Crippen LogP contribution in [0.3, 0.4) is 0 Å². The summed E-state index contributed by atoms with van der Waals surface area (Å²) < 4.78 is 11.8. The minimum atomic E-state index is -1.10. The van der Waals surface area contributed by atoms with E-state index in [1.165, 1.54) is 6.42 Å². The zero-order chi connectivity index (χ0) is 23.9. The van der Waals surface area contributed by atoms with Crippen molar-refractivity contribution < 1.29 is 29.0 Å². The molecule has 3 unspecified atom stereocenters. The predicted octanol–water partition coefficient (Wildman–Crippen LogP) is 2.15. The fourth-order valence-corrected chi connectivity index (χ4v) is 7.56. The number of halogens is 1. The third-order valence-electron chi connectivity index (χ3n) is 7.83. The van der Waals surface area contributed by atoms with Gasteiger partial charge in [0, 0.05) is 10.9 Å². The summed E-state index contributed by atoms with van der Waals surface area (Å²) in [6.07, 6.45) is 5.68. The number of hydrogen-bond acceptors (Lipinski definition) is 6. The summed E-state index contributed by atoms with van der Waals surface area (Å²) in [5.41, 5.74) is -1.10. The van der Waals surface area contributed by atoms with Crippen molar-refractivity contribution in [2.24, 2.45) is 17.8 Å². The molecule has 3 aliphatic heterocycles. The Kier molecular flexibility index (Phi) is 7.41. The number of likely N-dealkylation sites (tertiary alicyclic amines) is 1. The molecule has 0 aromatic rings. The molecule has 3 heterocycles. The molecule has 4 fully saturated rings. The van der Waals surface area contributed by atoms with E-state index in [1.807, 2.05) is 13.8 Å². The molecule has 4 rings (SSSR count). The Hall–Kier alpha value is -1.19. The molecule has 0 radical (unpaired) electrons. The van der Waals surface area contributed by atoms with Crippen LogP contribution in [0.4, 0.5) is 0 Å². The lowest BCUT2D eigenvalue weighted by Crippen LogP contribution is -2.59. The van der Waals surface area contributed by atoms with Gasteiger partial charge in [0.05, 0.1) is 37.2 Å². The van der Waals surface area contributed by atoms with Crippen LogP contribution in [0.15, 0.2) is 0 Å². The molecule has 4 aliphatic rings. The van der Waals surface area contributed by atoms with Crippen molar-refractivity contribution in [3.05, 3.63) is 0 Å². The smallest absolute Gasteiger partial charge is 0.312 e. The number of amides is 2. The summed E-state index contributed by atoms with van der Waals surface area (Å²) in [5, 5.41) is 13.4. The average molecular weight is 529 g/mol. The van der Waals surface area contributed by atoms with E-state index < -0.39 is 41.6 Å². The first kappa shape index (κ1) is 24.9. The van der Waals surface area contributed by atoms with Crippen LogP contribution < -0.4 is 5.32 Å². The van der Waals surface area contributed by atoms with Crippen LogP contribution >= 0.6 is 15.9 Å². The van der Waals surface area contributed by atoms with E-state index in [0.717, 1.165) is 25.7 Å². The van der Waals surface area contributed by atoms with Crippen molar-refractivity contribution >= 4 is 33.7 Å². The summed E-state index contributed by atoms with van der Waals surface area (Å²) in [5.74, 6) is -2.28. The summed E-state index contributed by atoms with van der Waals surface area (Å²) in [7, 11) is 0. The number of aliphatic hydroxyl groups excluding tert-OH is 1. The molecular weight excluding hydrogens is 492 g/mol. The molecule has 2 bridgehead atoms. The first-order valence-electron chi connectivity index (χ1n) is 12.5. The van der Waals surface area contributed by atoms with Crippen molar-refractivity contribution in [2.75, 3.05) is 13.2 Å². The van der Waals surface area contributed by atoms with Gasteiger partial charge >= 0.3 is 5.97 Å². The number of carbonyl (C=O) groups is 3. The van der Waals surface area contributed by atoms with Crippen LogP contribution in [-0.2, 0) is 23.9 Å². The Labute approximate surface area is 204 Å². The van der Waals surface area contributed by atoms with E-state index in [4.69, 9.17) is 9.47 Å². The van der Waals surface area contributed by atoms with Crippen molar-refractivity contribution in [2.45, 2.75) is 100 Å². The van der Waals surface area contributed by atoms with Gasteiger partial charge in [-0.15, -0.1) is 0 Å². The highest BCUT2D eigenvalue weighted by Gasteiger charge is 2.77. The summed E-state index contributed by atoms with van der Waals surface area (Å²) in [6, 6.07) is -1.31. The van der Waals surface area contributed by atoms with Crippen molar-refractivity contribution in [1.82, 2.24) is 10.2 Å². The maximum absolute atomic E-state index is 13.9. The highest BCUT2D eigenvalue weighted by atomic mass is 79.9. The molecule has 1 aliphatic carbocycles. The number of carbonyl (C=O) groups excluding carboxylic acids is 3. The molecule has 3 saturated heterocycles. The zero-order valence-electron chi connectivity index (χ0n) is 19.8. The van der Waals surface area contributed by atoms with Gasteiger partial charge in [0.1, 0.15) is 11.6 Å². The van der Waals surface area contributed by atoms with Gasteiger partial charge in [-0.25, -0.2) is 0 Å². The third-order valence-corrected chi connectivity index (χ3v) is 8.68. The molecule has 8 nitrogen and oxygen atoms in total. The minimum Gasteiger partial charge on any atom is -0.466 e. The lowest BCUT2D eigenvalue weighted by atomic mass is 9.70. The van der Waals surface area contributed by atoms with Crippen LogP contribution in [0.5, 0.6) is 0 Å². The number of hydrogen-bond donors (Lipinski definition) is 2. The Morgan fingerprint density at radius 1 is 1.30 bits per heavy atom. The van der Waals surface area contributed by atoms with E-state index in [-0.39, 0.29) is 41.8 Å². The van der Waals surface area contributed by atoms with Gasteiger partial charge in [-0.2, -0.15) is 0 Å². The van der Waals surface area contributed by atoms with Crippen molar-refractivity contribution in [1.29, 1.82) is 0 Å². The molecule has 9 heteroatoms. The van der Waals surface area contributed by atoms with Gasteiger partial charge < -0.3 is 24.8 Å². The predicted molar refractivity (Wildman–Crippen MR) is 125 cm³/mol. The molecule has 1 saturated carbocycles. The Morgan fingerprint density at radius 3 is 2.61 bits per heavy atom. The second-order valence-corrected chi connectivity index (χ2v) is 11.6. The monoisotopic (exact) mass is 528 g/mol. The standard InChI is InChI=1S/C24H37BrN2O6/c1-4-32-23(31)17-18-22(30)27(15(12-28)10-13(2)3)20(24(18)11-16(25)19(17)33-24)21(29)26-14-8-6-5-7-9-14/h13-20,28H,4-12H2,1-3H3,(H,26,29)/t15-,16?,17-,18+,19-,20?,24?/m1/s1. The fourth-order valence-electron chi connectivity index (χ4n) is 6.62.